The van der Waals surface area contributed by atoms with Gasteiger partial charge in [-0.3, -0.25) is 0 Å². The van der Waals surface area contributed by atoms with Crippen molar-refractivity contribution in [3.05, 3.63) is 71.5 Å². The first-order valence-corrected chi connectivity index (χ1v) is 10.1. The number of carbonyl (C=O) groups is 1. The highest BCUT2D eigenvalue weighted by Gasteiger charge is 2.37. The lowest BCUT2D eigenvalue weighted by molar-refractivity contribution is 0.116. The molecule has 0 saturated heterocycles. The molecule has 0 aliphatic carbocycles. The fourth-order valence-corrected chi connectivity index (χ4v) is 3.31. The van der Waals surface area contributed by atoms with Crippen LogP contribution in [0, 0.1) is 17.1 Å². The Morgan fingerprint density at radius 3 is 2.54 bits per heavy atom. The quantitative estimate of drug-likeness (QED) is 0.642. The zero-order valence-corrected chi connectivity index (χ0v) is 16.3. The number of hydrogen-bond acceptors (Lipinski definition) is 4. The summed E-state index contributed by atoms with van der Waals surface area (Å²) in [5.74, 6) is -0.624. The molecular weight excluding hydrogens is 382 g/mol. The average Bonchev–Trinajstić information content (AvgIpc) is 2.73. The molecule has 7 heteroatoms. The molecule has 0 heterocycles. The van der Waals surface area contributed by atoms with Gasteiger partial charge in [-0.15, -0.1) is 11.8 Å². The highest BCUT2D eigenvalue weighted by atomic mass is 32.2. The second kappa shape index (κ2) is 10.7. The molecule has 0 fully saturated rings. The number of nitrogens with one attached hydrogen (secondary N) is 1. The Morgan fingerprint density at radius 2 is 1.93 bits per heavy atom. The molecule has 0 radical (unpaired) electrons. The van der Waals surface area contributed by atoms with Gasteiger partial charge in [0.25, 0.3) is 0 Å². The van der Waals surface area contributed by atoms with Crippen LogP contribution >= 0.6 is 11.8 Å². The van der Waals surface area contributed by atoms with E-state index < -0.39 is 24.1 Å². The van der Waals surface area contributed by atoms with E-state index in [1.54, 1.807) is 24.5 Å². The molecule has 2 rings (SSSR count). The molecule has 0 aliphatic rings. The fraction of sp³-hybridized carbons (Fsp3) is 0.333. The van der Waals surface area contributed by atoms with E-state index in [0.717, 1.165) is 5.56 Å². The molecule has 2 unspecified atom stereocenters. The van der Waals surface area contributed by atoms with Crippen LogP contribution in [0.2, 0.25) is 0 Å². The van der Waals surface area contributed by atoms with E-state index in [4.69, 9.17) is 10.00 Å². The van der Waals surface area contributed by atoms with Crippen LogP contribution in [0.5, 0.6) is 0 Å². The Bertz CT molecular complexity index is 814. The minimum atomic E-state index is -1.61. The number of amides is 1. The SMILES string of the molecule is CSC(C#N)CCC(CF)(NC(=O)OCc1ccccc1)c1ccccc1F. The Labute approximate surface area is 167 Å². The van der Waals surface area contributed by atoms with Gasteiger partial charge in [-0.05, 0) is 30.7 Å². The minimum Gasteiger partial charge on any atom is -0.445 e. The summed E-state index contributed by atoms with van der Waals surface area (Å²) in [6.07, 6.45) is 1.27. The summed E-state index contributed by atoms with van der Waals surface area (Å²) in [4.78, 5) is 12.4. The smallest absolute Gasteiger partial charge is 0.408 e. The van der Waals surface area contributed by atoms with E-state index in [1.807, 2.05) is 18.2 Å². The van der Waals surface area contributed by atoms with E-state index in [9.17, 15) is 13.6 Å². The predicted octanol–water partition coefficient (Wildman–Crippen LogP) is 4.95. The van der Waals surface area contributed by atoms with Crippen molar-refractivity contribution in [3.63, 3.8) is 0 Å². The Hall–Kier alpha value is -2.59. The van der Waals surface area contributed by atoms with E-state index in [0.29, 0.717) is 0 Å². The van der Waals surface area contributed by atoms with Crippen molar-refractivity contribution in [1.82, 2.24) is 5.32 Å². The summed E-state index contributed by atoms with van der Waals surface area (Å²) >= 11 is 1.33. The summed E-state index contributed by atoms with van der Waals surface area (Å²) in [6.45, 7) is -1.02. The second-order valence-corrected chi connectivity index (χ2v) is 7.31. The number of carbonyl (C=O) groups excluding carboxylic acids is 1. The van der Waals surface area contributed by atoms with E-state index in [2.05, 4.69) is 11.4 Å². The van der Waals surface area contributed by atoms with Crippen LogP contribution in [0.3, 0.4) is 0 Å². The minimum absolute atomic E-state index is 0.0118. The Morgan fingerprint density at radius 1 is 1.25 bits per heavy atom. The molecule has 2 atom stereocenters. The number of benzene rings is 2. The van der Waals surface area contributed by atoms with Crippen molar-refractivity contribution in [2.24, 2.45) is 0 Å². The topological polar surface area (TPSA) is 62.1 Å². The molecule has 0 saturated carbocycles. The van der Waals surface area contributed by atoms with Crippen LogP contribution in [0.25, 0.3) is 0 Å². The van der Waals surface area contributed by atoms with E-state index >= 15 is 0 Å². The average molecular weight is 404 g/mol. The van der Waals surface area contributed by atoms with Crippen LogP contribution in [-0.2, 0) is 16.9 Å². The van der Waals surface area contributed by atoms with Gasteiger partial charge in [-0.25, -0.2) is 13.6 Å². The third-order valence-corrected chi connectivity index (χ3v) is 5.34. The maximum atomic E-state index is 14.4. The second-order valence-electron chi connectivity index (χ2n) is 6.27. The fourth-order valence-electron chi connectivity index (χ4n) is 2.85. The van der Waals surface area contributed by atoms with Crippen LogP contribution in [-0.4, -0.2) is 24.3 Å². The number of nitrogens with zero attached hydrogens (tertiary/aromatic N) is 1. The molecule has 2 aromatic rings. The first-order chi connectivity index (χ1) is 13.5. The maximum Gasteiger partial charge on any atom is 0.408 e. The van der Waals surface area contributed by atoms with Crippen molar-refractivity contribution in [1.29, 1.82) is 5.26 Å². The molecule has 148 valence electrons. The van der Waals surface area contributed by atoms with E-state index in [-0.39, 0.29) is 30.3 Å². The lowest BCUT2D eigenvalue weighted by atomic mass is 9.85. The van der Waals surface area contributed by atoms with Crippen LogP contribution < -0.4 is 5.32 Å². The molecule has 0 spiro atoms. The zero-order chi connectivity index (χ0) is 20.4. The molecule has 28 heavy (non-hydrogen) atoms. The first kappa shape index (κ1) is 21.7. The van der Waals surface area contributed by atoms with Gasteiger partial charge in [-0.2, -0.15) is 5.26 Å². The lowest BCUT2D eigenvalue weighted by Crippen LogP contribution is -2.49. The standard InChI is InChI=1S/C21H22F2N2O2S/c1-28-17(13-24)11-12-21(15-22,18-9-5-6-10-19(18)23)25-20(26)27-14-16-7-3-2-4-8-16/h2-10,17H,11-12,14-15H2,1H3,(H,25,26). The Kier molecular flexibility index (Phi) is 8.27. The molecule has 0 aliphatic heterocycles. The number of halogens is 2. The number of rotatable bonds is 9. The van der Waals surface area contributed by atoms with Crippen molar-refractivity contribution in [2.45, 2.75) is 30.2 Å². The maximum absolute atomic E-state index is 14.4. The number of alkyl carbamates (subject to hydrolysis) is 1. The number of hydrogen-bond donors (Lipinski definition) is 1. The predicted molar refractivity (Wildman–Crippen MR) is 106 cm³/mol. The lowest BCUT2D eigenvalue weighted by Gasteiger charge is -2.33. The summed E-state index contributed by atoms with van der Waals surface area (Å²) < 4.78 is 33.9. The van der Waals surface area contributed by atoms with Crippen molar-refractivity contribution in [2.75, 3.05) is 12.9 Å². The number of nitriles is 1. The molecule has 0 bridgehead atoms. The largest absolute Gasteiger partial charge is 0.445 e. The highest BCUT2D eigenvalue weighted by molar-refractivity contribution is 7.99. The summed E-state index contributed by atoms with van der Waals surface area (Å²) in [5, 5.41) is 11.3. The van der Waals surface area contributed by atoms with Crippen LogP contribution in [0.1, 0.15) is 24.0 Å². The van der Waals surface area contributed by atoms with Crippen LogP contribution in [0.4, 0.5) is 13.6 Å². The van der Waals surface area contributed by atoms with Crippen molar-refractivity contribution >= 4 is 17.9 Å². The molecule has 1 N–H and O–H groups in total. The van der Waals surface area contributed by atoms with Crippen molar-refractivity contribution < 1.29 is 18.3 Å². The third kappa shape index (κ3) is 5.70. The molecule has 1 amide bonds. The first-order valence-electron chi connectivity index (χ1n) is 8.77. The molecular formula is C21H22F2N2O2S. The monoisotopic (exact) mass is 404 g/mol. The number of alkyl halides is 1. The van der Waals surface area contributed by atoms with Gasteiger partial charge in [0.05, 0.1) is 16.9 Å². The third-order valence-electron chi connectivity index (χ3n) is 4.43. The summed E-state index contributed by atoms with van der Waals surface area (Å²) in [5.41, 5.74) is -0.794. The Balaban J connectivity index is 2.20. The van der Waals surface area contributed by atoms with Crippen molar-refractivity contribution in [3.8, 4) is 6.07 Å². The molecule has 0 aromatic heterocycles. The van der Waals surface area contributed by atoms with Gasteiger partial charge >= 0.3 is 6.09 Å². The zero-order valence-electron chi connectivity index (χ0n) is 15.5. The number of ether oxygens (including phenoxy) is 1. The summed E-state index contributed by atoms with van der Waals surface area (Å²) in [6, 6.07) is 16.9. The van der Waals surface area contributed by atoms with Crippen LogP contribution in [0.15, 0.2) is 54.6 Å². The molecule has 4 nitrogen and oxygen atoms in total. The highest BCUT2D eigenvalue weighted by Crippen LogP contribution is 2.32. The normalized spacial score (nSPS) is 13.8. The number of thioether (sulfide) groups is 1. The van der Waals surface area contributed by atoms with Gasteiger partial charge in [0, 0.05) is 5.56 Å². The van der Waals surface area contributed by atoms with Gasteiger partial charge in [0.1, 0.15) is 19.1 Å². The molecule has 2 aromatic carbocycles. The van der Waals surface area contributed by atoms with Gasteiger partial charge < -0.3 is 10.1 Å². The van der Waals surface area contributed by atoms with Gasteiger partial charge in [0.2, 0.25) is 0 Å². The van der Waals surface area contributed by atoms with Gasteiger partial charge in [-0.1, -0.05) is 48.5 Å². The van der Waals surface area contributed by atoms with E-state index in [1.165, 1.54) is 30.0 Å². The van der Waals surface area contributed by atoms with Gasteiger partial charge in [0.15, 0.2) is 0 Å². The summed E-state index contributed by atoms with van der Waals surface area (Å²) in [7, 11) is 0.